The first kappa shape index (κ1) is 14.9. The van der Waals surface area contributed by atoms with Crippen molar-refractivity contribution in [2.24, 2.45) is 0 Å². The minimum Gasteiger partial charge on any atom is -0.465 e. The molecular formula is C13H8Br2FNO3. The minimum atomic E-state index is -0.604. The van der Waals surface area contributed by atoms with Crippen LogP contribution in [0.4, 0.5) is 4.39 Å². The number of nitrogens with zero attached hydrogens (tertiary/aromatic N) is 1. The van der Waals surface area contributed by atoms with E-state index in [0.29, 0.717) is 15.0 Å². The van der Waals surface area contributed by atoms with Gasteiger partial charge in [-0.05, 0) is 44.0 Å². The van der Waals surface area contributed by atoms with E-state index in [1.165, 1.54) is 13.2 Å². The molecule has 2 rings (SSSR count). The lowest BCUT2D eigenvalue weighted by molar-refractivity contribution is 0.0598. The van der Waals surface area contributed by atoms with Crippen LogP contribution in [0.3, 0.4) is 0 Å². The predicted molar refractivity (Wildman–Crippen MR) is 77.5 cm³/mol. The number of carbonyl (C=O) groups excluding carboxylic acids is 1. The van der Waals surface area contributed by atoms with Gasteiger partial charge in [0.15, 0.2) is 0 Å². The number of aromatic nitrogens is 1. The molecule has 1 heterocycles. The number of rotatable bonds is 3. The number of methoxy groups -OCH3 is 1. The van der Waals surface area contributed by atoms with Gasteiger partial charge in [0.2, 0.25) is 0 Å². The van der Waals surface area contributed by atoms with Gasteiger partial charge in [-0.3, -0.25) is 0 Å². The van der Waals surface area contributed by atoms with E-state index in [9.17, 15) is 9.18 Å². The summed E-state index contributed by atoms with van der Waals surface area (Å²) in [5, 5.41) is 0. The Morgan fingerprint density at radius 3 is 2.45 bits per heavy atom. The molecule has 7 heteroatoms. The average molecular weight is 405 g/mol. The molecule has 4 nitrogen and oxygen atoms in total. The molecule has 0 unspecified atom stereocenters. The van der Waals surface area contributed by atoms with Gasteiger partial charge in [-0.2, -0.15) is 0 Å². The molecule has 2 aromatic rings. The second-order valence-electron chi connectivity index (χ2n) is 3.68. The maximum Gasteiger partial charge on any atom is 0.341 e. The number of halogens is 3. The summed E-state index contributed by atoms with van der Waals surface area (Å²) in [5.41, 5.74) is 0.137. The first-order chi connectivity index (χ1) is 9.49. The van der Waals surface area contributed by atoms with E-state index in [4.69, 9.17) is 4.74 Å². The molecule has 0 N–H and O–H groups in total. The van der Waals surface area contributed by atoms with Crippen LogP contribution in [0.5, 0.6) is 11.5 Å². The summed E-state index contributed by atoms with van der Waals surface area (Å²) in [5.74, 6) is -0.650. The summed E-state index contributed by atoms with van der Waals surface area (Å²) < 4.78 is 24.6. The van der Waals surface area contributed by atoms with Gasteiger partial charge >= 0.3 is 5.97 Å². The lowest BCUT2D eigenvalue weighted by Crippen LogP contribution is -2.04. The fourth-order valence-electron chi connectivity index (χ4n) is 1.49. The average Bonchev–Trinajstić information content (AvgIpc) is 2.37. The summed E-state index contributed by atoms with van der Waals surface area (Å²) in [6, 6.07) is 6.78. The predicted octanol–water partition coefficient (Wildman–Crippen LogP) is 4.32. The zero-order valence-electron chi connectivity index (χ0n) is 10.2. The summed E-state index contributed by atoms with van der Waals surface area (Å²) in [6.07, 6.45) is 0. The van der Waals surface area contributed by atoms with Crippen LogP contribution in [-0.2, 0) is 4.74 Å². The van der Waals surface area contributed by atoms with Crippen LogP contribution < -0.4 is 4.74 Å². The van der Waals surface area contributed by atoms with E-state index in [1.807, 2.05) is 0 Å². The Labute approximate surface area is 131 Å². The van der Waals surface area contributed by atoms with Crippen LogP contribution >= 0.6 is 31.9 Å². The summed E-state index contributed by atoms with van der Waals surface area (Å²) >= 11 is 6.43. The molecular weight excluding hydrogens is 397 g/mol. The molecule has 0 aliphatic carbocycles. The molecule has 20 heavy (non-hydrogen) atoms. The lowest BCUT2D eigenvalue weighted by Gasteiger charge is -2.10. The molecule has 0 atom stereocenters. The van der Waals surface area contributed by atoms with Crippen molar-refractivity contribution in [1.29, 1.82) is 0 Å². The maximum absolute atomic E-state index is 13.3. The van der Waals surface area contributed by atoms with Gasteiger partial charge in [0.05, 0.1) is 7.11 Å². The van der Waals surface area contributed by atoms with Gasteiger partial charge in [0.25, 0.3) is 0 Å². The van der Waals surface area contributed by atoms with E-state index in [-0.39, 0.29) is 11.3 Å². The third kappa shape index (κ3) is 3.55. The first-order valence-corrected chi connectivity index (χ1v) is 6.97. The highest BCUT2D eigenvalue weighted by Gasteiger charge is 2.15. The Morgan fingerprint density at radius 2 is 1.85 bits per heavy atom. The molecule has 0 saturated heterocycles. The standard InChI is InChI=1S/C13H8Br2FNO3/c1-19-13(18)9-3-2-7(16)4-10(9)20-8-5-11(14)17-12(15)6-8/h2-6H,1H3. The van der Waals surface area contributed by atoms with Crippen LogP contribution in [0, 0.1) is 5.82 Å². The third-order valence-corrected chi connectivity index (χ3v) is 3.13. The fraction of sp³-hybridized carbons (Fsp3) is 0.0769. The molecule has 1 aromatic carbocycles. The fourth-order valence-corrected chi connectivity index (χ4v) is 2.56. The van der Waals surface area contributed by atoms with Crippen LogP contribution in [0.15, 0.2) is 39.5 Å². The SMILES string of the molecule is COC(=O)c1ccc(F)cc1Oc1cc(Br)nc(Br)c1. The highest BCUT2D eigenvalue weighted by molar-refractivity contribution is 9.11. The van der Waals surface area contributed by atoms with Gasteiger partial charge < -0.3 is 9.47 Å². The van der Waals surface area contributed by atoms with Crippen LogP contribution in [0.2, 0.25) is 0 Å². The molecule has 0 radical (unpaired) electrons. The van der Waals surface area contributed by atoms with Gasteiger partial charge in [-0.25, -0.2) is 14.2 Å². The van der Waals surface area contributed by atoms with Gasteiger partial charge in [-0.15, -0.1) is 0 Å². The highest BCUT2D eigenvalue weighted by Crippen LogP contribution is 2.29. The molecule has 0 amide bonds. The Bertz CT molecular complexity index is 644. The second-order valence-corrected chi connectivity index (χ2v) is 5.31. The van der Waals surface area contributed by atoms with E-state index in [0.717, 1.165) is 12.1 Å². The van der Waals surface area contributed by atoms with Crippen molar-refractivity contribution < 1.29 is 18.7 Å². The van der Waals surface area contributed by atoms with Crippen molar-refractivity contribution in [3.8, 4) is 11.5 Å². The smallest absolute Gasteiger partial charge is 0.341 e. The minimum absolute atomic E-state index is 0.0712. The second kappa shape index (κ2) is 6.32. The number of hydrogen-bond acceptors (Lipinski definition) is 4. The topological polar surface area (TPSA) is 48.4 Å². The van der Waals surface area contributed by atoms with Crippen molar-refractivity contribution in [3.05, 3.63) is 50.9 Å². The molecule has 0 spiro atoms. The zero-order valence-corrected chi connectivity index (χ0v) is 13.4. The quantitative estimate of drug-likeness (QED) is 0.564. The summed E-state index contributed by atoms with van der Waals surface area (Å²) in [6.45, 7) is 0. The normalized spacial score (nSPS) is 10.2. The van der Waals surface area contributed by atoms with Crippen molar-refractivity contribution in [2.75, 3.05) is 7.11 Å². The van der Waals surface area contributed by atoms with Crippen LogP contribution in [-0.4, -0.2) is 18.1 Å². The number of ether oxygens (including phenoxy) is 2. The van der Waals surface area contributed by atoms with E-state index >= 15 is 0 Å². The third-order valence-electron chi connectivity index (χ3n) is 2.31. The monoisotopic (exact) mass is 403 g/mol. The van der Waals surface area contributed by atoms with E-state index < -0.39 is 11.8 Å². The Hall–Kier alpha value is -1.47. The number of esters is 1. The van der Waals surface area contributed by atoms with E-state index in [1.54, 1.807) is 12.1 Å². The highest BCUT2D eigenvalue weighted by atomic mass is 79.9. The van der Waals surface area contributed by atoms with Gasteiger partial charge in [0.1, 0.15) is 32.1 Å². The number of benzene rings is 1. The Balaban J connectivity index is 2.41. The van der Waals surface area contributed by atoms with Crippen LogP contribution in [0.25, 0.3) is 0 Å². The van der Waals surface area contributed by atoms with Gasteiger partial charge in [0, 0.05) is 18.2 Å². The molecule has 0 fully saturated rings. The van der Waals surface area contributed by atoms with Crippen molar-refractivity contribution in [3.63, 3.8) is 0 Å². The summed E-state index contributed by atoms with van der Waals surface area (Å²) in [7, 11) is 1.25. The number of pyridine rings is 1. The van der Waals surface area contributed by atoms with Crippen molar-refractivity contribution in [1.82, 2.24) is 4.98 Å². The molecule has 0 aliphatic rings. The van der Waals surface area contributed by atoms with Crippen LogP contribution in [0.1, 0.15) is 10.4 Å². The van der Waals surface area contributed by atoms with Crippen molar-refractivity contribution >= 4 is 37.8 Å². The maximum atomic E-state index is 13.3. The Kier molecular flexibility index (Phi) is 4.72. The van der Waals surface area contributed by atoms with Gasteiger partial charge in [-0.1, -0.05) is 0 Å². The zero-order chi connectivity index (χ0) is 14.7. The number of carbonyl (C=O) groups is 1. The molecule has 0 saturated carbocycles. The summed E-state index contributed by atoms with van der Waals surface area (Å²) in [4.78, 5) is 15.7. The largest absolute Gasteiger partial charge is 0.465 e. The Morgan fingerprint density at radius 1 is 1.20 bits per heavy atom. The lowest BCUT2D eigenvalue weighted by atomic mass is 10.2. The van der Waals surface area contributed by atoms with E-state index in [2.05, 4.69) is 41.6 Å². The van der Waals surface area contributed by atoms with Crippen molar-refractivity contribution in [2.45, 2.75) is 0 Å². The molecule has 104 valence electrons. The molecule has 0 aliphatic heterocycles. The number of hydrogen-bond donors (Lipinski definition) is 0. The molecule has 0 bridgehead atoms. The first-order valence-electron chi connectivity index (χ1n) is 5.38. The molecule has 1 aromatic heterocycles.